The summed E-state index contributed by atoms with van der Waals surface area (Å²) in [5.74, 6) is 0.495. The van der Waals surface area contributed by atoms with Crippen LogP contribution in [0.5, 0.6) is 11.5 Å². The van der Waals surface area contributed by atoms with Crippen molar-refractivity contribution < 1.29 is 31.8 Å². The normalized spacial score (nSPS) is 26.3. The molecule has 2 aromatic rings. The topological polar surface area (TPSA) is 38.8 Å². The van der Waals surface area contributed by atoms with Crippen molar-refractivity contribution in [2.45, 2.75) is 82.8 Å². The molecule has 0 amide bonds. The molecule has 1 heterocycles. The maximum atomic E-state index is 16.5. The number of nitrogens with zero attached hydrogens (tertiary/aromatic N) is 1. The molecule has 1 aliphatic carbocycles. The Kier molecular flexibility index (Phi) is 7.88. The van der Waals surface area contributed by atoms with Gasteiger partial charge in [0.1, 0.15) is 5.67 Å². The third-order valence-corrected chi connectivity index (χ3v) is 7.86. The van der Waals surface area contributed by atoms with Gasteiger partial charge in [-0.2, -0.15) is 13.2 Å². The van der Waals surface area contributed by atoms with Gasteiger partial charge < -0.3 is 9.47 Å². The fourth-order valence-electron chi connectivity index (χ4n) is 6.24. The predicted molar refractivity (Wildman–Crippen MR) is 134 cm³/mol. The average Bonchev–Trinajstić information content (AvgIpc) is 3.13. The highest BCUT2D eigenvalue weighted by molar-refractivity contribution is 6.03. The van der Waals surface area contributed by atoms with Crippen molar-refractivity contribution in [2.24, 2.45) is 5.92 Å². The van der Waals surface area contributed by atoms with Gasteiger partial charge in [0.2, 0.25) is 0 Å². The molecule has 1 saturated heterocycles. The van der Waals surface area contributed by atoms with Crippen molar-refractivity contribution in [3.63, 3.8) is 0 Å². The fraction of sp³-hybridized carbons (Fsp3) is 0.552. The van der Waals surface area contributed by atoms with Gasteiger partial charge in [-0.05, 0) is 68.4 Å². The second kappa shape index (κ2) is 10.6. The monoisotopic (exact) mass is 521 g/mol. The summed E-state index contributed by atoms with van der Waals surface area (Å²) in [6.07, 6.45) is -1.74. The Morgan fingerprint density at radius 1 is 1.08 bits per heavy atom. The molecule has 0 aromatic heterocycles. The minimum absolute atomic E-state index is 0.0703. The number of carbonyl (C=O) groups is 1. The first-order chi connectivity index (χ1) is 17.5. The van der Waals surface area contributed by atoms with Crippen molar-refractivity contribution in [3.8, 4) is 11.5 Å². The van der Waals surface area contributed by atoms with Gasteiger partial charge in [-0.25, -0.2) is 4.39 Å². The number of methoxy groups -OCH3 is 2. The summed E-state index contributed by atoms with van der Waals surface area (Å²) in [5, 5.41) is 0. The molecule has 37 heavy (non-hydrogen) atoms. The SMILES string of the molecule is CCCC1CC(F)(CC2Cc3cc(OC)c(OC)cc3C2=O)CC(C)N1Cc1cccc(C(F)(F)F)c1. The first kappa shape index (κ1) is 27.4. The number of hydrogen-bond donors (Lipinski definition) is 0. The number of carbonyl (C=O) groups excluding carboxylic acids is 1. The smallest absolute Gasteiger partial charge is 0.416 e. The number of likely N-dealkylation sites (tertiary alicyclic amines) is 1. The highest BCUT2D eigenvalue weighted by atomic mass is 19.4. The van der Waals surface area contributed by atoms with Crippen LogP contribution in [-0.2, 0) is 19.1 Å². The van der Waals surface area contributed by atoms with Crippen LogP contribution in [0.1, 0.15) is 73.0 Å². The molecule has 0 spiro atoms. The molecule has 2 aromatic carbocycles. The van der Waals surface area contributed by atoms with Gasteiger partial charge in [-0.15, -0.1) is 0 Å². The molecule has 2 aliphatic rings. The van der Waals surface area contributed by atoms with E-state index in [1.807, 2.05) is 13.8 Å². The van der Waals surface area contributed by atoms with Crippen molar-refractivity contribution in [2.75, 3.05) is 14.2 Å². The fourth-order valence-corrected chi connectivity index (χ4v) is 6.24. The number of fused-ring (bicyclic) bond motifs is 1. The van der Waals surface area contributed by atoms with Crippen molar-refractivity contribution in [3.05, 3.63) is 58.7 Å². The van der Waals surface area contributed by atoms with Crippen LogP contribution in [0.25, 0.3) is 0 Å². The number of ketones is 1. The molecule has 0 saturated carbocycles. The van der Waals surface area contributed by atoms with Gasteiger partial charge in [0.25, 0.3) is 0 Å². The van der Waals surface area contributed by atoms with E-state index in [-0.39, 0.29) is 37.1 Å². The number of piperidine rings is 1. The molecule has 0 bridgehead atoms. The number of alkyl halides is 4. The van der Waals surface area contributed by atoms with Crippen LogP contribution in [0.2, 0.25) is 0 Å². The molecule has 4 rings (SSSR count). The maximum Gasteiger partial charge on any atom is 0.416 e. The lowest BCUT2D eigenvalue weighted by Gasteiger charge is -2.47. The lowest BCUT2D eigenvalue weighted by Crippen LogP contribution is -2.53. The van der Waals surface area contributed by atoms with Gasteiger partial charge in [-0.1, -0.05) is 31.5 Å². The van der Waals surface area contributed by atoms with Crippen LogP contribution < -0.4 is 9.47 Å². The Balaban J connectivity index is 1.51. The lowest BCUT2D eigenvalue weighted by molar-refractivity contribution is -0.137. The standard InChI is InChI=1S/C29H35F4NO3/c1-5-7-23-16-28(30,14-18(2)34(23)17-19-8-6-9-22(10-19)29(31,32)33)15-21-11-20-12-25(36-3)26(37-4)13-24(20)27(21)35/h6,8-10,12-13,18,21,23H,5,7,11,14-17H2,1-4H3. The molecular weight excluding hydrogens is 486 g/mol. The van der Waals surface area contributed by atoms with E-state index < -0.39 is 23.3 Å². The summed E-state index contributed by atoms with van der Waals surface area (Å²) in [4.78, 5) is 15.4. The zero-order valence-corrected chi connectivity index (χ0v) is 21.8. The number of halogens is 4. The van der Waals surface area contributed by atoms with E-state index in [1.54, 1.807) is 18.2 Å². The third-order valence-electron chi connectivity index (χ3n) is 7.86. The van der Waals surface area contributed by atoms with E-state index in [4.69, 9.17) is 9.47 Å². The van der Waals surface area contributed by atoms with Gasteiger partial charge in [-0.3, -0.25) is 9.69 Å². The molecule has 0 radical (unpaired) electrons. The van der Waals surface area contributed by atoms with E-state index in [0.717, 1.165) is 24.5 Å². The van der Waals surface area contributed by atoms with Crippen LogP contribution in [0.3, 0.4) is 0 Å². The first-order valence-corrected chi connectivity index (χ1v) is 12.9. The molecule has 8 heteroatoms. The zero-order valence-electron chi connectivity index (χ0n) is 21.8. The highest BCUT2D eigenvalue weighted by Gasteiger charge is 2.47. The Hall–Kier alpha value is -2.61. The van der Waals surface area contributed by atoms with Gasteiger partial charge in [0.05, 0.1) is 19.8 Å². The first-order valence-electron chi connectivity index (χ1n) is 12.9. The second-order valence-corrected chi connectivity index (χ2v) is 10.6. The van der Waals surface area contributed by atoms with Crippen LogP contribution in [0.4, 0.5) is 17.6 Å². The summed E-state index contributed by atoms with van der Waals surface area (Å²) in [6.45, 7) is 4.30. The number of rotatable bonds is 8. The van der Waals surface area contributed by atoms with E-state index in [2.05, 4.69) is 4.90 Å². The minimum Gasteiger partial charge on any atom is -0.493 e. The lowest BCUT2D eigenvalue weighted by atomic mass is 9.76. The molecule has 1 aliphatic heterocycles. The summed E-state index contributed by atoms with van der Waals surface area (Å²) >= 11 is 0. The number of ether oxygens (including phenoxy) is 2. The van der Waals surface area contributed by atoms with Crippen LogP contribution in [0.15, 0.2) is 36.4 Å². The number of hydrogen-bond acceptors (Lipinski definition) is 4. The van der Waals surface area contributed by atoms with E-state index in [9.17, 15) is 18.0 Å². The summed E-state index contributed by atoms with van der Waals surface area (Å²) < 4.78 is 66.9. The van der Waals surface area contributed by atoms with Gasteiger partial charge >= 0.3 is 6.18 Å². The van der Waals surface area contributed by atoms with E-state index in [1.165, 1.54) is 26.4 Å². The Morgan fingerprint density at radius 2 is 1.78 bits per heavy atom. The minimum atomic E-state index is -4.40. The molecule has 202 valence electrons. The van der Waals surface area contributed by atoms with Crippen molar-refractivity contribution in [1.82, 2.24) is 4.90 Å². The van der Waals surface area contributed by atoms with E-state index >= 15 is 4.39 Å². The van der Waals surface area contributed by atoms with Crippen molar-refractivity contribution in [1.29, 1.82) is 0 Å². The summed E-state index contributed by atoms with van der Waals surface area (Å²) in [6, 6.07) is 8.56. The number of benzene rings is 2. The Bertz CT molecular complexity index is 1130. The molecule has 4 unspecified atom stereocenters. The molecular formula is C29H35F4NO3. The van der Waals surface area contributed by atoms with Crippen LogP contribution in [0, 0.1) is 5.92 Å². The van der Waals surface area contributed by atoms with Crippen LogP contribution in [-0.4, -0.2) is 42.7 Å². The maximum absolute atomic E-state index is 16.5. The second-order valence-electron chi connectivity index (χ2n) is 10.6. The summed E-state index contributed by atoms with van der Waals surface area (Å²) in [5.41, 5.74) is -0.226. The molecule has 0 N–H and O–H groups in total. The molecule has 4 nitrogen and oxygen atoms in total. The third kappa shape index (κ3) is 5.79. The zero-order chi connectivity index (χ0) is 27.0. The summed E-state index contributed by atoms with van der Waals surface area (Å²) in [7, 11) is 3.05. The van der Waals surface area contributed by atoms with Crippen LogP contribution >= 0.6 is 0 Å². The van der Waals surface area contributed by atoms with Gasteiger partial charge in [0.15, 0.2) is 17.3 Å². The Morgan fingerprint density at radius 3 is 2.43 bits per heavy atom. The number of Topliss-reactive ketones (excluding diaryl/α,β-unsaturated/α-hetero) is 1. The average molecular weight is 522 g/mol. The molecule has 4 atom stereocenters. The quantitative estimate of drug-likeness (QED) is 0.350. The van der Waals surface area contributed by atoms with E-state index in [0.29, 0.717) is 35.6 Å². The van der Waals surface area contributed by atoms with Crippen molar-refractivity contribution >= 4 is 5.78 Å². The molecule has 1 fully saturated rings. The van der Waals surface area contributed by atoms with Gasteiger partial charge in [0, 0.05) is 30.1 Å². The largest absolute Gasteiger partial charge is 0.493 e. The Labute approximate surface area is 215 Å². The highest BCUT2D eigenvalue weighted by Crippen LogP contribution is 2.45. The predicted octanol–water partition coefficient (Wildman–Crippen LogP) is 7.03.